The molecule has 0 unspecified atom stereocenters. The second-order valence-corrected chi connectivity index (χ2v) is 32.4. The van der Waals surface area contributed by atoms with Crippen molar-refractivity contribution >= 4 is 33.3 Å². The molecule has 0 amide bonds. The molecule has 17 heteroatoms. The lowest BCUT2D eigenvalue weighted by Gasteiger charge is -2.65. The Hall–Kier alpha value is -3.39. The zero-order valence-corrected chi connectivity index (χ0v) is 56.6. The topological polar surface area (TPSA) is 254 Å². The second-order valence-electron chi connectivity index (χ2n) is 31.8. The van der Waals surface area contributed by atoms with Gasteiger partial charge < -0.3 is 34.6 Å². The highest BCUT2D eigenvalue weighted by Crippen LogP contribution is 2.70. The molecule has 16 nitrogen and oxygen atoms in total. The molecule has 12 aliphatic carbocycles. The van der Waals surface area contributed by atoms with E-state index < -0.39 is 16.8 Å². The molecule has 5 N–H and O–H groups in total. The molecule has 12 aliphatic rings. The zero-order valence-electron chi connectivity index (χ0n) is 55.1. The van der Waals surface area contributed by atoms with Crippen LogP contribution in [0.15, 0.2) is 24.8 Å². The monoisotopic (exact) mass is 1300 g/mol. The maximum atomic E-state index is 13.1. The highest BCUT2D eigenvalue weighted by Gasteiger charge is 2.65. The van der Waals surface area contributed by atoms with Crippen molar-refractivity contribution in [1.29, 1.82) is 10.5 Å². The second kappa shape index (κ2) is 27.9. The van der Waals surface area contributed by atoms with Gasteiger partial charge in [0.2, 0.25) is 0 Å². The number of rotatable bonds is 12. The molecule has 0 bridgehead atoms. The van der Waals surface area contributed by atoms with Crippen molar-refractivity contribution in [3.8, 4) is 12.1 Å². The number of Topliss-reactive ketones (excluding diaryl/α,β-unsaturated/α-hetero) is 3. The molecule has 2 heterocycles. The fourth-order valence-electron chi connectivity index (χ4n) is 23.7. The maximum absolute atomic E-state index is 13.1. The van der Waals surface area contributed by atoms with Gasteiger partial charge in [-0.2, -0.15) is 20.7 Å². The van der Waals surface area contributed by atoms with E-state index in [1.807, 2.05) is 6.07 Å². The molecule has 24 atom stereocenters. The van der Waals surface area contributed by atoms with Gasteiger partial charge >= 0.3 is 0 Å². The van der Waals surface area contributed by atoms with E-state index >= 15 is 0 Å². The van der Waals surface area contributed by atoms with Gasteiger partial charge in [-0.15, -0.1) is 0 Å². The Morgan fingerprint density at radius 3 is 1.28 bits per heavy atom. The number of ether oxygens (including phenoxy) is 3. The van der Waals surface area contributed by atoms with Crippen molar-refractivity contribution in [3.05, 3.63) is 35.9 Å². The van der Waals surface area contributed by atoms with Gasteiger partial charge in [-0.3, -0.25) is 24.2 Å². The number of nitriles is 2. The van der Waals surface area contributed by atoms with Gasteiger partial charge in [0, 0.05) is 58.6 Å². The van der Waals surface area contributed by atoms with Gasteiger partial charge in [0.25, 0.3) is 0 Å². The molecule has 0 saturated heterocycles. The van der Waals surface area contributed by atoms with E-state index in [-0.39, 0.29) is 29.1 Å². The highest BCUT2D eigenvalue weighted by molar-refractivity contribution is 9.09. The van der Waals surface area contributed by atoms with Crippen molar-refractivity contribution in [1.82, 2.24) is 20.0 Å². The molecule has 12 fully saturated rings. The molecule has 12 saturated carbocycles. The Morgan fingerprint density at radius 1 is 0.562 bits per heavy atom. The summed E-state index contributed by atoms with van der Waals surface area (Å²) in [5.74, 6) is 13.3. The number of fused-ring (bicyclic) bond motifs is 15. The average Bonchev–Trinajstić information content (AvgIpc) is 1.20. The summed E-state index contributed by atoms with van der Waals surface area (Å²) in [6.07, 6.45) is 33.5. The van der Waals surface area contributed by atoms with Crippen LogP contribution in [-0.2, 0) is 35.1 Å². The van der Waals surface area contributed by atoms with Crippen LogP contribution in [0.4, 0.5) is 0 Å². The Balaban J connectivity index is 0.000000138. The summed E-state index contributed by atoms with van der Waals surface area (Å²) in [6, 6.07) is 3.99. The number of carbonyl (C=O) groups excluding carboxylic acids is 3. The Kier molecular flexibility index (Phi) is 21.5. The smallest absolute Gasteiger partial charge is 0.157 e. The van der Waals surface area contributed by atoms with Gasteiger partial charge in [0.15, 0.2) is 5.78 Å². The maximum Gasteiger partial charge on any atom is 0.157 e. The Bertz CT molecular complexity index is 2840. The SMILES string of the molecule is CO.COC[C@@]1(O)CC[C@H]2[C@H](CC[C@@H]3[C@@H]2CC[C@]2(C)[C@@H](C(=O)CBr)C[C@@H]32)C1.COC[C@@]1(O)CC[C@H]2[C@H](CC[C@@H]3[C@@H]2CC[C@]2(C)[C@@H](C(=O)Cn4cc(C#N)cn4)C[C@@H]32)C1.COC[C@@]1(O)CC[C@H]2[C@H](CC[C@@H]3[C@@H]2CC[C@]2(C)[C@@H](C(C)=O)C[C@@H]32)C1.N#Cc1cn[nH]c1. The summed E-state index contributed by atoms with van der Waals surface area (Å²) in [4.78, 5) is 37.3. The van der Waals surface area contributed by atoms with Crippen molar-refractivity contribution in [2.75, 3.05) is 53.6 Å². The normalized spacial score (nSPS) is 44.8. The first-order valence-corrected chi connectivity index (χ1v) is 35.7. The summed E-state index contributed by atoms with van der Waals surface area (Å²) in [5, 5.41) is 67.3. The third-order valence-electron chi connectivity index (χ3n) is 27.8. The van der Waals surface area contributed by atoms with Crippen LogP contribution in [0.25, 0.3) is 0 Å². The number of alkyl halides is 1. The predicted molar refractivity (Wildman–Crippen MR) is 341 cm³/mol. The first kappa shape index (κ1) is 68.5. The number of aliphatic hydroxyl groups excluding tert-OH is 1. The van der Waals surface area contributed by atoms with Gasteiger partial charge in [0.1, 0.15) is 23.7 Å². The highest BCUT2D eigenvalue weighted by atomic mass is 79.9. The minimum absolute atomic E-state index is 0.127. The fraction of sp³-hybridized carbons (Fsp3) is 0.847. The quantitative estimate of drug-likeness (QED) is 0.124. The number of aromatic nitrogens is 4. The first-order chi connectivity index (χ1) is 42.6. The van der Waals surface area contributed by atoms with Crippen molar-refractivity contribution in [2.45, 2.75) is 205 Å². The summed E-state index contributed by atoms with van der Waals surface area (Å²) in [7, 11) is 6.08. The number of nitrogens with zero attached hydrogens (tertiary/aromatic N) is 5. The fourth-order valence-corrected chi connectivity index (χ4v) is 24.1. The number of H-pyrrole nitrogens is 1. The lowest BCUT2D eigenvalue weighted by molar-refractivity contribution is -0.180. The standard InChI is InChI=1S/C25H35N3O3.C21H33BrO3.C21H34O3.C4H3N3.CH4O/c1-24-7-5-19-18-6-8-25(30,15-31-2)10-17(18)3-4-20(19)21(24)9-22(24)23(29)14-28-13-16(11-26)12-27-28;1-20-7-5-15-14-6-8-21(24,12-25-2)10-13(14)3-4-16(15)17(20)9-18(20)19(23)11-22;1-13(22)18-10-19-17-5-4-14-11-21(23,12-24-3)9-7-15(14)16(17)6-8-20(18,19)2;5-1-4-2-6-7-3-4;1-2/h12-13,17-22,30H,3-10,14-15H2,1-2H3;13-18,24H,3-12H2,1-2H3;14-19,23H,4-12H2,1-3H3;2-3H,(H,6,7);2H,1H3/t17-,18+,19-,20-,21+,22-,24+,25-;13-,14+,15-,16-,17+,18-,20+,21-;14-,15+,16-,17-,18-,19+,20-,21-;;/m111../s1. The summed E-state index contributed by atoms with van der Waals surface area (Å²) < 4.78 is 17.5. The van der Waals surface area contributed by atoms with Crippen molar-refractivity contribution in [2.24, 2.45) is 123 Å². The van der Waals surface area contributed by atoms with Crippen LogP contribution >= 0.6 is 15.9 Å². The molecule has 0 aliphatic heterocycles. The summed E-state index contributed by atoms with van der Waals surface area (Å²) >= 11 is 3.39. The zero-order chi connectivity index (χ0) is 63.8. The average molecular weight is 1300 g/mol. The molecule has 0 aromatic carbocycles. The van der Waals surface area contributed by atoms with Crippen LogP contribution in [0.3, 0.4) is 0 Å². The number of methoxy groups -OCH3 is 3. The minimum atomic E-state index is -0.627. The Labute approximate surface area is 539 Å². The number of halogens is 1. The van der Waals surface area contributed by atoms with Gasteiger partial charge in [-0.1, -0.05) is 36.7 Å². The molecule has 89 heavy (non-hydrogen) atoms. The van der Waals surface area contributed by atoms with Crippen LogP contribution in [0.5, 0.6) is 0 Å². The molecule has 0 radical (unpaired) electrons. The summed E-state index contributed by atoms with van der Waals surface area (Å²) in [6.45, 7) is 10.7. The molecule has 494 valence electrons. The summed E-state index contributed by atoms with van der Waals surface area (Å²) in [5.41, 5.74) is -0.0275. The lowest BCUT2D eigenvalue weighted by Crippen LogP contribution is -2.60. The molecule has 14 rings (SSSR count). The number of hydrogen-bond donors (Lipinski definition) is 5. The number of ketones is 3. The number of aliphatic hydroxyl groups is 4. The van der Waals surface area contributed by atoms with E-state index in [4.69, 9.17) is 29.8 Å². The van der Waals surface area contributed by atoms with E-state index in [0.29, 0.717) is 88.8 Å². The van der Waals surface area contributed by atoms with Crippen LogP contribution in [-0.4, -0.2) is 128 Å². The van der Waals surface area contributed by atoms with Crippen molar-refractivity contribution < 1.29 is 49.0 Å². The molecular weight excluding hydrogens is 1190 g/mol. The number of aromatic amines is 1. The molecule has 2 aromatic rings. The molecular formula is C72H109BrN6O10. The first-order valence-electron chi connectivity index (χ1n) is 34.6. The van der Waals surface area contributed by atoms with Crippen LogP contribution < -0.4 is 0 Å². The van der Waals surface area contributed by atoms with Crippen LogP contribution in [0, 0.1) is 145 Å². The van der Waals surface area contributed by atoms with Gasteiger partial charge in [-0.05, 0) is 266 Å². The molecule has 2 aromatic heterocycles. The number of nitrogens with one attached hydrogen (secondary N) is 1. The van der Waals surface area contributed by atoms with E-state index in [9.17, 15) is 29.7 Å². The Morgan fingerprint density at radius 2 is 0.944 bits per heavy atom. The van der Waals surface area contributed by atoms with E-state index in [1.54, 1.807) is 45.3 Å². The van der Waals surface area contributed by atoms with E-state index in [1.165, 1.54) is 95.9 Å². The van der Waals surface area contributed by atoms with E-state index in [2.05, 4.69) is 58.1 Å². The van der Waals surface area contributed by atoms with E-state index in [0.717, 1.165) is 143 Å². The number of carbonyl (C=O) groups is 3. The van der Waals surface area contributed by atoms with Crippen molar-refractivity contribution in [3.63, 3.8) is 0 Å². The van der Waals surface area contributed by atoms with Gasteiger partial charge in [-0.25, -0.2) is 0 Å². The van der Waals surface area contributed by atoms with Crippen LogP contribution in [0.2, 0.25) is 0 Å². The number of hydrogen-bond acceptors (Lipinski definition) is 14. The van der Waals surface area contributed by atoms with Gasteiger partial charge in [0.05, 0.1) is 72.0 Å². The minimum Gasteiger partial charge on any atom is -0.400 e. The third kappa shape index (κ3) is 13.3. The lowest BCUT2D eigenvalue weighted by atomic mass is 9.39. The van der Waals surface area contributed by atoms with Crippen LogP contribution in [0.1, 0.15) is 193 Å². The third-order valence-corrected chi connectivity index (χ3v) is 28.4. The predicted octanol–water partition coefficient (Wildman–Crippen LogP) is 11.5. The largest absolute Gasteiger partial charge is 0.400 e. The molecule has 0 spiro atoms.